The van der Waals surface area contributed by atoms with Gasteiger partial charge in [-0.2, -0.15) is 0 Å². The zero-order valence-electron chi connectivity index (χ0n) is 20.7. The van der Waals surface area contributed by atoms with E-state index in [2.05, 4.69) is 23.0 Å². The second kappa shape index (κ2) is 10.1. The van der Waals surface area contributed by atoms with E-state index in [1.165, 1.54) is 18.3 Å². The van der Waals surface area contributed by atoms with Crippen molar-refractivity contribution in [1.82, 2.24) is 14.7 Å². The number of rotatable bonds is 6. The van der Waals surface area contributed by atoms with Crippen molar-refractivity contribution in [2.45, 2.75) is 51.9 Å². The molecule has 9 heteroatoms. The van der Waals surface area contributed by atoms with Gasteiger partial charge >= 0.3 is 0 Å². The number of pyridine rings is 2. The molecule has 0 saturated carbocycles. The van der Waals surface area contributed by atoms with Gasteiger partial charge in [0.15, 0.2) is 4.90 Å². The van der Waals surface area contributed by atoms with Crippen LogP contribution in [0.5, 0.6) is 11.6 Å². The number of benzene rings is 1. The van der Waals surface area contributed by atoms with E-state index in [9.17, 15) is 18.0 Å². The Morgan fingerprint density at radius 3 is 2.53 bits per heavy atom. The maximum absolute atomic E-state index is 13.2. The quantitative estimate of drug-likeness (QED) is 0.464. The number of sulfonamides is 1. The minimum absolute atomic E-state index is 0. The molecule has 4 rings (SSSR count). The van der Waals surface area contributed by atoms with E-state index in [4.69, 9.17) is 4.74 Å². The fraction of sp³-hybridized carbons (Fsp3) is 0.296. The number of nitrogens with one attached hydrogen (secondary N) is 2. The van der Waals surface area contributed by atoms with Gasteiger partial charge in [-0.3, -0.25) is 9.59 Å². The van der Waals surface area contributed by atoms with Crippen LogP contribution in [0.25, 0.3) is 5.57 Å². The van der Waals surface area contributed by atoms with E-state index in [1.54, 1.807) is 6.07 Å². The molecule has 1 amide bonds. The molecular weight excluding hydrogens is 478 g/mol. The summed E-state index contributed by atoms with van der Waals surface area (Å²) in [5.74, 6) is 0.198. The summed E-state index contributed by atoms with van der Waals surface area (Å²) in [7, 11) is -4.42. The molecule has 1 aliphatic carbocycles. The highest BCUT2D eigenvalue weighted by atomic mass is 32.2. The van der Waals surface area contributed by atoms with Gasteiger partial charge in [0.1, 0.15) is 11.3 Å². The van der Waals surface area contributed by atoms with Crippen LogP contribution in [0.15, 0.2) is 58.4 Å². The molecule has 1 aliphatic rings. The third kappa shape index (κ3) is 5.41. The van der Waals surface area contributed by atoms with Crippen molar-refractivity contribution in [2.24, 2.45) is 5.92 Å². The lowest BCUT2D eigenvalue weighted by Gasteiger charge is -2.19. The molecule has 0 saturated heterocycles. The maximum atomic E-state index is 13.2. The van der Waals surface area contributed by atoms with Crippen molar-refractivity contribution >= 4 is 21.5 Å². The molecule has 1 aromatic carbocycles. The number of carbonyl (C=O) groups is 1. The van der Waals surface area contributed by atoms with Crippen molar-refractivity contribution in [1.29, 1.82) is 0 Å². The van der Waals surface area contributed by atoms with Crippen LogP contribution >= 0.6 is 0 Å². The van der Waals surface area contributed by atoms with Crippen LogP contribution in [0, 0.1) is 26.7 Å². The molecule has 36 heavy (non-hydrogen) atoms. The minimum atomic E-state index is -4.42. The first kappa shape index (κ1) is 25.4. The molecule has 2 heterocycles. The molecule has 3 aromatic rings. The zero-order chi connectivity index (χ0) is 26.0. The predicted octanol–water partition coefficient (Wildman–Crippen LogP) is 5.30. The molecule has 0 spiro atoms. The summed E-state index contributed by atoms with van der Waals surface area (Å²) in [4.78, 5) is 31.6. The standard InChI is InChI=1S/C27H29N3O5S.2H2/c1-16-7-9-20(10-8-16)22-12-11-21(25(31)30-36(33,34)23-6-5-13-28-26(23)32)27(29-22)35-24-18(3)14-17(2)15-19(24)4;;/h5-6,9,11-16H,7-8,10H2,1-4H3,(H,28,32)(H,30,31);2*1H. The van der Waals surface area contributed by atoms with Crippen molar-refractivity contribution < 1.29 is 20.8 Å². The summed E-state index contributed by atoms with van der Waals surface area (Å²) in [6.45, 7) is 7.98. The first-order valence-electron chi connectivity index (χ1n) is 11.8. The molecule has 2 aromatic heterocycles. The molecule has 1 unspecified atom stereocenters. The second-order valence-electron chi connectivity index (χ2n) is 9.29. The van der Waals surface area contributed by atoms with Crippen LogP contribution in [-0.4, -0.2) is 24.3 Å². The lowest BCUT2D eigenvalue weighted by molar-refractivity contribution is 0.0978. The fourth-order valence-electron chi connectivity index (χ4n) is 4.34. The highest BCUT2D eigenvalue weighted by molar-refractivity contribution is 7.90. The smallest absolute Gasteiger partial charge is 0.270 e. The lowest BCUT2D eigenvalue weighted by Crippen LogP contribution is -2.34. The number of ether oxygens (including phenoxy) is 1. The summed E-state index contributed by atoms with van der Waals surface area (Å²) in [6.07, 6.45) is 6.29. The molecule has 8 nitrogen and oxygen atoms in total. The van der Waals surface area contributed by atoms with Crippen LogP contribution in [0.2, 0.25) is 0 Å². The molecular formula is C27H33N3O5S. The molecule has 0 radical (unpaired) electrons. The highest BCUT2D eigenvalue weighted by Gasteiger charge is 2.26. The summed E-state index contributed by atoms with van der Waals surface area (Å²) < 4.78 is 33.7. The van der Waals surface area contributed by atoms with Gasteiger partial charge in [0.25, 0.3) is 21.5 Å². The molecule has 1 atom stereocenters. The van der Waals surface area contributed by atoms with Gasteiger partial charge in [-0.05, 0) is 86.9 Å². The Hall–Kier alpha value is -3.72. The molecule has 0 bridgehead atoms. The number of aromatic nitrogens is 2. The topological polar surface area (TPSA) is 118 Å². The Kier molecular flexibility index (Phi) is 7.12. The molecule has 0 aliphatic heterocycles. The predicted molar refractivity (Wildman–Crippen MR) is 142 cm³/mol. The molecule has 2 N–H and O–H groups in total. The first-order chi connectivity index (χ1) is 17.0. The number of amides is 1. The average molecular weight is 512 g/mol. The number of hydrogen-bond donors (Lipinski definition) is 2. The number of allylic oxidation sites excluding steroid dienone is 2. The summed E-state index contributed by atoms with van der Waals surface area (Å²) in [5, 5.41) is 0. The zero-order valence-corrected chi connectivity index (χ0v) is 21.5. The Morgan fingerprint density at radius 1 is 1.17 bits per heavy atom. The van der Waals surface area contributed by atoms with Crippen molar-refractivity contribution in [3.8, 4) is 11.6 Å². The Bertz CT molecular complexity index is 1510. The summed E-state index contributed by atoms with van der Waals surface area (Å²) in [5.41, 5.74) is 3.65. The second-order valence-corrected chi connectivity index (χ2v) is 10.9. The van der Waals surface area contributed by atoms with E-state index in [-0.39, 0.29) is 14.3 Å². The van der Waals surface area contributed by atoms with Crippen molar-refractivity contribution in [3.05, 3.63) is 87.0 Å². The van der Waals surface area contributed by atoms with Crippen LogP contribution in [0.1, 0.15) is 61.8 Å². The van der Waals surface area contributed by atoms with Gasteiger partial charge in [-0.1, -0.05) is 30.7 Å². The SMILES string of the molecule is Cc1cc(C)c(Oc2nc(C3=CCC(C)CC3)ccc2C(=O)NS(=O)(=O)c2ccc[nH]c2=O)c(C)c1.[HH].[HH]. The molecule has 0 fully saturated rings. The van der Waals surface area contributed by atoms with Gasteiger partial charge in [0.2, 0.25) is 5.88 Å². The van der Waals surface area contributed by atoms with Gasteiger partial charge in [-0.25, -0.2) is 18.1 Å². The minimum Gasteiger partial charge on any atom is -0.438 e. The number of H-pyrrole nitrogens is 1. The first-order valence-corrected chi connectivity index (χ1v) is 13.2. The lowest BCUT2D eigenvalue weighted by atomic mass is 9.89. The van der Waals surface area contributed by atoms with E-state index < -0.39 is 26.4 Å². The third-order valence-corrected chi connectivity index (χ3v) is 7.56. The van der Waals surface area contributed by atoms with E-state index in [0.717, 1.165) is 47.6 Å². The van der Waals surface area contributed by atoms with Crippen LogP contribution < -0.4 is 15.0 Å². The Morgan fingerprint density at radius 2 is 1.89 bits per heavy atom. The van der Waals surface area contributed by atoms with E-state index in [0.29, 0.717) is 17.4 Å². The van der Waals surface area contributed by atoms with Crippen molar-refractivity contribution in [3.63, 3.8) is 0 Å². The Balaban J connectivity index is 0.00000253. The third-order valence-electron chi connectivity index (χ3n) is 6.21. The normalized spacial score (nSPS) is 15.8. The van der Waals surface area contributed by atoms with Crippen molar-refractivity contribution in [2.75, 3.05) is 0 Å². The highest BCUT2D eigenvalue weighted by Crippen LogP contribution is 2.34. The van der Waals surface area contributed by atoms with Gasteiger partial charge < -0.3 is 9.72 Å². The number of nitrogens with zero attached hydrogens (tertiary/aromatic N) is 1. The van der Waals surface area contributed by atoms with E-state index >= 15 is 0 Å². The number of aromatic amines is 1. The number of carbonyl (C=O) groups excluding carboxylic acids is 1. The number of hydrogen-bond acceptors (Lipinski definition) is 6. The Labute approximate surface area is 213 Å². The largest absolute Gasteiger partial charge is 0.438 e. The van der Waals surface area contributed by atoms with Crippen LogP contribution in [-0.2, 0) is 10.0 Å². The average Bonchev–Trinajstić information content (AvgIpc) is 2.81. The van der Waals surface area contributed by atoms with Crippen LogP contribution in [0.3, 0.4) is 0 Å². The summed E-state index contributed by atoms with van der Waals surface area (Å²) in [6, 6.07) is 9.62. The van der Waals surface area contributed by atoms with Gasteiger partial charge in [0, 0.05) is 9.05 Å². The number of aryl methyl sites for hydroxylation is 3. The van der Waals surface area contributed by atoms with E-state index in [1.807, 2.05) is 37.6 Å². The molecule has 192 valence electrons. The summed E-state index contributed by atoms with van der Waals surface area (Å²) >= 11 is 0. The monoisotopic (exact) mass is 511 g/mol. The fourth-order valence-corrected chi connectivity index (χ4v) is 5.37. The van der Waals surface area contributed by atoms with Crippen LogP contribution in [0.4, 0.5) is 0 Å². The maximum Gasteiger partial charge on any atom is 0.270 e. The van der Waals surface area contributed by atoms with Gasteiger partial charge in [-0.15, -0.1) is 0 Å². The van der Waals surface area contributed by atoms with Gasteiger partial charge in [0.05, 0.1) is 5.69 Å².